The molecule has 0 saturated heterocycles. The number of hydrogen-bond acceptors (Lipinski definition) is 5. The molecule has 2 aromatic rings. The van der Waals surface area contributed by atoms with Crippen molar-refractivity contribution in [3.63, 3.8) is 0 Å². The van der Waals surface area contributed by atoms with Gasteiger partial charge in [0.1, 0.15) is 12.6 Å². The lowest BCUT2D eigenvalue weighted by Gasteiger charge is -2.24. The highest BCUT2D eigenvalue weighted by Gasteiger charge is 2.25. The van der Waals surface area contributed by atoms with Gasteiger partial charge in [-0.25, -0.2) is 9.59 Å². The molecule has 9 nitrogen and oxygen atoms in total. The number of carbonyl (C=O) groups is 4. The van der Waals surface area contributed by atoms with E-state index in [-0.39, 0.29) is 31.0 Å². The van der Waals surface area contributed by atoms with Crippen LogP contribution >= 0.6 is 0 Å². The van der Waals surface area contributed by atoms with E-state index in [0.29, 0.717) is 17.7 Å². The van der Waals surface area contributed by atoms with Gasteiger partial charge in [0.25, 0.3) is 0 Å². The lowest BCUT2D eigenvalue weighted by Crippen LogP contribution is -2.49. The number of likely N-dealkylation sites (N-methyl/N-ethyl adjacent to an activating group) is 1. The number of carboxylic acids is 1. The van der Waals surface area contributed by atoms with Crippen LogP contribution < -0.4 is 10.6 Å². The van der Waals surface area contributed by atoms with Gasteiger partial charge in [0.2, 0.25) is 11.8 Å². The van der Waals surface area contributed by atoms with Crippen molar-refractivity contribution >= 4 is 23.9 Å². The number of amides is 3. The fourth-order valence-corrected chi connectivity index (χ4v) is 3.50. The van der Waals surface area contributed by atoms with E-state index in [2.05, 4.69) is 10.6 Å². The molecule has 0 aliphatic heterocycles. The Morgan fingerprint density at radius 1 is 1.03 bits per heavy atom. The number of benzene rings is 2. The van der Waals surface area contributed by atoms with E-state index in [1.54, 1.807) is 19.2 Å². The maximum absolute atomic E-state index is 13.0. The average molecular weight is 498 g/mol. The zero-order valence-corrected chi connectivity index (χ0v) is 21.5. The van der Waals surface area contributed by atoms with Crippen LogP contribution in [-0.2, 0) is 32.8 Å². The van der Waals surface area contributed by atoms with Crippen molar-refractivity contribution in [3.05, 3.63) is 70.8 Å². The van der Waals surface area contributed by atoms with Gasteiger partial charge in [0.15, 0.2) is 0 Å². The number of hydrogen-bond donors (Lipinski definition) is 3. The van der Waals surface area contributed by atoms with Gasteiger partial charge < -0.3 is 25.4 Å². The smallest absolute Gasteiger partial charge is 0.408 e. The van der Waals surface area contributed by atoms with Crippen molar-refractivity contribution in [3.8, 4) is 0 Å². The minimum absolute atomic E-state index is 0.0475. The number of nitrogens with one attached hydrogen (secondary N) is 2. The predicted molar refractivity (Wildman–Crippen MR) is 136 cm³/mol. The molecule has 36 heavy (non-hydrogen) atoms. The third kappa shape index (κ3) is 8.72. The SMILES string of the molecule is CC(=O)N(C)CCNC(=O)[C@H](Cc1ccc(C(=O)O)c(C(C)(C)C)c1)NC(=O)OCc1ccccc1. The zero-order chi connectivity index (χ0) is 26.9. The molecule has 0 radical (unpaired) electrons. The summed E-state index contributed by atoms with van der Waals surface area (Å²) in [6, 6.07) is 13.1. The van der Waals surface area contributed by atoms with Crippen molar-refractivity contribution in [2.24, 2.45) is 0 Å². The predicted octanol–water partition coefficient (Wildman–Crippen LogP) is 3.11. The van der Waals surface area contributed by atoms with Gasteiger partial charge in [-0.15, -0.1) is 0 Å². The quantitative estimate of drug-likeness (QED) is 0.463. The second-order valence-electron chi connectivity index (χ2n) is 9.63. The average Bonchev–Trinajstić information content (AvgIpc) is 2.82. The summed E-state index contributed by atoms with van der Waals surface area (Å²) >= 11 is 0. The molecule has 0 heterocycles. The first-order valence-electron chi connectivity index (χ1n) is 11.7. The molecular weight excluding hydrogens is 462 g/mol. The summed E-state index contributed by atoms with van der Waals surface area (Å²) in [5.41, 5.74) is 1.87. The molecule has 2 aromatic carbocycles. The third-order valence-electron chi connectivity index (χ3n) is 5.67. The summed E-state index contributed by atoms with van der Waals surface area (Å²) in [7, 11) is 1.63. The number of carboxylic acid groups (broad SMARTS) is 1. The molecule has 1 atom stereocenters. The Morgan fingerprint density at radius 2 is 1.69 bits per heavy atom. The minimum Gasteiger partial charge on any atom is -0.478 e. The van der Waals surface area contributed by atoms with Gasteiger partial charge in [-0.1, -0.05) is 63.2 Å². The molecule has 0 saturated carbocycles. The molecule has 0 aromatic heterocycles. The van der Waals surface area contributed by atoms with Crippen LogP contribution in [0.1, 0.15) is 54.7 Å². The van der Waals surface area contributed by atoms with Crippen molar-refractivity contribution in [2.45, 2.75) is 52.2 Å². The molecule has 0 fully saturated rings. The van der Waals surface area contributed by atoms with Crippen LogP contribution in [0, 0.1) is 0 Å². The number of carbonyl (C=O) groups excluding carboxylic acids is 3. The standard InChI is InChI=1S/C27H35N3O6/c1-18(31)30(5)14-13-28-24(32)23(29-26(35)36-17-19-9-7-6-8-10-19)16-20-11-12-21(25(33)34)22(15-20)27(2,3)4/h6-12,15,23H,13-14,16-17H2,1-5H3,(H,28,32)(H,29,35)(H,33,34)/t23-/m0/s1. The summed E-state index contributed by atoms with van der Waals surface area (Å²) in [5, 5.41) is 14.9. The van der Waals surface area contributed by atoms with Crippen LogP contribution in [0.25, 0.3) is 0 Å². The zero-order valence-electron chi connectivity index (χ0n) is 21.5. The molecular formula is C27H35N3O6. The first-order valence-corrected chi connectivity index (χ1v) is 11.7. The highest BCUT2D eigenvalue weighted by molar-refractivity contribution is 5.90. The minimum atomic E-state index is -1.03. The van der Waals surface area contributed by atoms with Gasteiger partial charge >= 0.3 is 12.1 Å². The first kappa shape index (κ1) is 28.4. The monoisotopic (exact) mass is 497 g/mol. The summed E-state index contributed by atoms with van der Waals surface area (Å²) in [5.74, 6) is -1.60. The topological polar surface area (TPSA) is 125 Å². The van der Waals surface area contributed by atoms with E-state index < -0.39 is 29.4 Å². The van der Waals surface area contributed by atoms with Crippen LogP contribution in [0.5, 0.6) is 0 Å². The number of rotatable bonds is 10. The van der Waals surface area contributed by atoms with Crippen LogP contribution in [0.2, 0.25) is 0 Å². The molecule has 0 bridgehead atoms. The fraction of sp³-hybridized carbons (Fsp3) is 0.407. The molecule has 194 valence electrons. The Balaban J connectivity index is 2.19. The largest absolute Gasteiger partial charge is 0.478 e. The Labute approximate surface area is 211 Å². The van der Waals surface area contributed by atoms with E-state index in [4.69, 9.17) is 4.74 Å². The van der Waals surface area contributed by atoms with Gasteiger partial charge in [-0.2, -0.15) is 0 Å². The van der Waals surface area contributed by atoms with E-state index in [1.165, 1.54) is 17.9 Å². The van der Waals surface area contributed by atoms with Crippen molar-refractivity contribution in [1.29, 1.82) is 0 Å². The molecule has 0 aliphatic rings. The maximum atomic E-state index is 13.0. The van der Waals surface area contributed by atoms with Crippen LogP contribution in [0.4, 0.5) is 4.79 Å². The van der Waals surface area contributed by atoms with Crippen molar-refractivity contribution in [1.82, 2.24) is 15.5 Å². The lowest BCUT2D eigenvalue weighted by molar-refractivity contribution is -0.128. The van der Waals surface area contributed by atoms with Crippen molar-refractivity contribution < 1.29 is 29.0 Å². The Bertz CT molecular complexity index is 1080. The Kier molecular flexibility index (Phi) is 10.0. The van der Waals surface area contributed by atoms with E-state index in [0.717, 1.165) is 5.56 Å². The molecule has 0 aliphatic carbocycles. The second kappa shape index (κ2) is 12.7. The van der Waals surface area contributed by atoms with Gasteiger partial charge in [-0.05, 0) is 28.2 Å². The number of aromatic carboxylic acids is 1. The number of nitrogens with zero attached hydrogens (tertiary/aromatic N) is 1. The normalized spacial score (nSPS) is 11.8. The molecule has 2 rings (SSSR count). The second-order valence-corrected chi connectivity index (χ2v) is 9.63. The van der Waals surface area contributed by atoms with Crippen LogP contribution in [-0.4, -0.2) is 60.1 Å². The molecule has 3 N–H and O–H groups in total. The Hall–Kier alpha value is -3.88. The summed E-state index contributed by atoms with van der Waals surface area (Å²) < 4.78 is 5.29. The number of alkyl carbamates (subject to hydrolysis) is 1. The van der Waals surface area contributed by atoms with E-state index >= 15 is 0 Å². The summed E-state index contributed by atoms with van der Waals surface area (Å²) in [6.45, 7) is 7.73. The molecule has 0 unspecified atom stereocenters. The van der Waals surface area contributed by atoms with Crippen LogP contribution in [0.15, 0.2) is 48.5 Å². The maximum Gasteiger partial charge on any atom is 0.408 e. The van der Waals surface area contributed by atoms with Gasteiger partial charge in [0.05, 0.1) is 5.56 Å². The molecule has 9 heteroatoms. The van der Waals surface area contributed by atoms with E-state index in [9.17, 15) is 24.3 Å². The van der Waals surface area contributed by atoms with Gasteiger partial charge in [0, 0.05) is 33.5 Å². The van der Waals surface area contributed by atoms with Crippen LogP contribution in [0.3, 0.4) is 0 Å². The fourth-order valence-electron chi connectivity index (χ4n) is 3.50. The Morgan fingerprint density at radius 3 is 2.28 bits per heavy atom. The highest BCUT2D eigenvalue weighted by Crippen LogP contribution is 2.27. The third-order valence-corrected chi connectivity index (χ3v) is 5.67. The molecule has 0 spiro atoms. The summed E-state index contributed by atoms with van der Waals surface area (Å²) in [6.07, 6.45) is -0.629. The number of ether oxygens (including phenoxy) is 1. The van der Waals surface area contributed by atoms with Gasteiger partial charge in [-0.3, -0.25) is 9.59 Å². The van der Waals surface area contributed by atoms with E-state index in [1.807, 2.05) is 51.1 Å². The lowest BCUT2D eigenvalue weighted by atomic mass is 9.82. The highest BCUT2D eigenvalue weighted by atomic mass is 16.5. The molecule has 3 amide bonds. The van der Waals surface area contributed by atoms with Crippen molar-refractivity contribution in [2.75, 3.05) is 20.1 Å². The first-order chi connectivity index (χ1) is 16.9. The summed E-state index contributed by atoms with van der Waals surface area (Å²) in [4.78, 5) is 50.1.